The van der Waals surface area contributed by atoms with Gasteiger partial charge in [0.15, 0.2) is 0 Å². The molecule has 2 aliphatic rings. The van der Waals surface area contributed by atoms with Crippen LogP contribution in [0.2, 0.25) is 0 Å². The first-order valence-electron chi connectivity index (χ1n) is 8.50. The molecule has 1 aromatic carbocycles. The summed E-state index contributed by atoms with van der Waals surface area (Å²) in [5, 5.41) is 2.81. The van der Waals surface area contributed by atoms with Gasteiger partial charge in [-0.25, -0.2) is 9.38 Å². The summed E-state index contributed by atoms with van der Waals surface area (Å²) in [5.41, 5.74) is 0.0797. The lowest BCUT2D eigenvalue weighted by atomic mass is 9.88. The van der Waals surface area contributed by atoms with E-state index in [4.69, 9.17) is 0 Å². The molecule has 1 fully saturated rings. The molecular weight excluding hydrogens is 323 g/mol. The molecular formula is C18H23FN4O2. The number of benzene rings is 1. The van der Waals surface area contributed by atoms with Crippen LogP contribution in [0.25, 0.3) is 0 Å². The molecule has 1 N–H and O–H groups in total. The van der Waals surface area contributed by atoms with Crippen molar-refractivity contribution < 1.29 is 14.0 Å². The topological polar surface area (TPSA) is 65.0 Å². The Hall–Kier alpha value is -2.44. The van der Waals surface area contributed by atoms with E-state index in [-0.39, 0.29) is 17.6 Å². The van der Waals surface area contributed by atoms with Crippen LogP contribution < -0.4 is 5.32 Å². The van der Waals surface area contributed by atoms with Gasteiger partial charge in [-0.2, -0.15) is 0 Å². The fourth-order valence-corrected chi connectivity index (χ4v) is 3.28. The molecule has 1 spiro atoms. The molecule has 0 unspecified atom stereocenters. The summed E-state index contributed by atoms with van der Waals surface area (Å²) in [6, 6.07) is 6.32. The van der Waals surface area contributed by atoms with Crippen molar-refractivity contribution in [3.05, 3.63) is 35.6 Å². The summed E-state index contributed by atoms with van der Waals surface area (Å²) in [7, 11) is 3.67. The Labute approximate surface area is 146 Å². The van der Waals surface area contributed by atoms with E-state index < -0.39 is 5.54 Å². The highest BCUT2D eigenvalue weighted by Crippen LogP contribution is 2.30. The molecule has 0 saturated carbocycles. The van der Waals surface area contributed by atoms with Crippen LogP contribution in [0.5, 0.6) is 0 Å². The number of hydrogen-bond acceptors (Lipinski definition) is 4. The summed E-state index contributed by atoms with van der Waals surface area (Å²) < 4.78 is 13.2. The largest absolute Gasteiger partial charge is 0.349 e. The molecule has 2 heterocycles. The first-order chi connectivity index (χ1) is 11.9. The number of carbonyl (C=O) groups excluding carboxylic acids is 2. The average Bonchev–Trinajstić information content (AvgIpc) is 2.90. The van der Waals surface area contributed by atoms with Gasteiger partial charge in [-0.3, -0.25) is 14.9 Å². The van der Waals surface area contributed by atoms with Gasteiger partial charge in [0.1, 0.15) is 11.4 Å². The summed E-state index contributed by atoms with van der Waals surface area (Å²) in [6.45, 7) is 1.03. The number of hydrogen-bond donors (Lipinski definition) is 1. The Morgan fingerprint density at radius 1 is 1.36 bits per heavy atom. The Morgan fingerprint density at radius 2 is 2.08 bits per heavy atom. The molecule has 0 bridgehead atoms. The van der Waals surface area contributed by atoms with Gasteiger partial charge in [0.2, 0.25) is 11.9 Å². The maximum Gasteiger partial charge on any atom is 0.254 e. The lowest BCUT2D eigenvalue weighted by molar-refractivity contribution is -0.135. The highest BCUT2D eigenvalue weighted by Gasteiger charge is 2.46. The Balaban J connectivity index is 1.55. The molecule has 1 aromatic rings. The second-order valence-electron chi connectivity index (χ2n) is 6.83. The lowest BCUT2D eigenvalue weighted by Crippen LogP contribution is -2.50. The van der Waals surface area contributed by atoms with E-state index in [1.807, 2.05) is 20.2 Å². The summed E-state index contributed by atoms with van der Waals surface area (Å²) in [4.78, 5) is 32.8. The number of amides is 2. The highest BCUT2D eigenvalue weighted by molar-refractivity contribution is 6.07. The molecule has 0 aliphatic carbocycles. The van der Waals surface area contributed by atoms with Crippen LogP contribution >= 0.6 is 0 Å². The van der Waals surface area contributed by atoms with Crippen molar-refractivity contribution in [3.63, 3.8) is 0 Å². The Morgan fingerprint density at radius 3 is 2.68 bits per heavy atom. The minimum absolute atomic E-state index is 0.0364. The number of carbonyl (C=O) groups is 2. The average molecular weight is 346 g/mol. The number of rotatable bonds is 3. The Kier molecular flexibility index (Phi) is 4.74. The molecule has 0 aromatic heterocycles. The van der Waals surface area contributed by atoms with Gasteiger partial charge < -0.3 is 9.80 Å². The maximum absolute atomic E-state index is 13.2. The summed E-state index contributed by atoms with van der Waals surface area (Å²) in [5.74, 6) is 0.250. The number of piperidine rings is 1. The van der Waals surface area contributed by atoms with Gasteiger partial charge in [-0.15, -0.1) is 0 Å². The molecule has 3 rings (SSSR count). The van der Waals surface area contributed by atoms with Gasteiger partial charge in [0, 0.05) is 33.6 Å². The van der Waals surface area contributed by atoms with E-state index in [1.165, 1.54) is 12.1 Å². The van der Waals surface area contributed by atoms with E-state index >= 15 is 0 Å². The van der Waals surface area contributed by atoms with E-state index in [1.54, 1.807) is 15.9 Å². The predicted octanol–water partition coefficient (Wildman–Crippen LogP) is 1.17. The first kappa shape index (κ1) is 17.4. The van der Waals surface area contributed by atoms with Crippen molar-refractivity contribution in [1.29, 1.82) is 0 Å². The predicted molar refractivity (Wildman–Crippen MR) is 92.5 cm³/mol. The van der Waals surface area contributed by atoms with Crippen molar-refractivity contribution >= 4 is 17.8 Å². The minimum Gasteiger partial charge on any atom is -0.349 e. The van der Waals surface area contributed by atoms with Crippen molar-refractivity contribution in [3.8, 4) is 0 Å². The van der Waals surface area contributed by atoms with E-state index in [0.29, 0.717) is 44.7 Å². The van der Waals surface area contributed by atoms with Crippen LogP contribution in [0.15, 0.2) is 29.3 Å². The van der Waals surface area contributed by atoms with Crippen LogP contribution in [0.4, 0.5) is 4.39 Å². The normalized spacial score (nSPS) is 18.9. The number of nitrogens with one attached hydrogen (secondary N) is 1. The third-order valence-corrected chi connectivity index (χ3v) is 4.85. The summed E-state index contributed by atoms with van der Waals surface area (Å²) >= 11 is 0. The standard InChI is InChI=1S/C18H23FN4O2/c1-22(2)17-20-16(25)18(21-17)8-10-23(11-9-18)15(24)7-6-13-4-3-5-14(19)12-13/h3-5,12H,6-11H2,1-2H3,(H,20,21,25). The van der Waals surface area contributed by atoms with Crippen LogP contribution in [-0.4, -0.2) is 60.3 Å². The molecule has 0 radical (unpaired) electrons. The zero-order valence-corrected chi connectivity index (χ0v) is 14.6. The fourth-order valence-electron chi connectivity index (χ4n) is 3.28. The molecule has 6 nitrogen and oxygen atoms in total. The quantitative estimate of drug-likeness (QED) is 0.893. The molecule has 1 saturated heterocycles. The maximum atomic E-state index is 13.2. The zero-order valence-electron chi connectivity index (χ0n) is 14.6. The fraction of sp³-hybridized carbons (Fsp3) is 0.500. The smallest absolute Gasteiger partial charge is 0.254 e. The number of guanidine groups is 1. The van der Waals surface area contributed by atoms with E-state index in [9.17, 15) is 14.0 Å². The zero-order chi connectivity index (χ0) is 18.0. The van der Waals surface area contributed by atoms with Crippen LogP contribution in [0, 0.1) is 5.82 Å². The second kappa shape index (κ2) is 6.82. The van der Waals surface area contributed by atoms with Crippen LogP contribution in [0.3, 0.4) is 0 Å². The minimum atomic E-state index is -0.737. The third kappa shape index (κ3) is 3.65. The molecule has 2 amide bonds. The highest BCUT2D eigenvalue weighted by atomic mass is 19.1. The molecule has 0 atom stereocenters. The van der Waals surface area contributed by atoms with E-state index in [2.05, 4.69) is 10.3 Å². The third-order valence-electron chi connectivity index (χ3n) is 4.85. The number of aliphatic imine (C=N–C) groups is 1. The van der Waals surface area contributed by atoms with E-state index in [0.717, 1.165) is 5.56 Å². The number of nitrogens with zero attached hydrogens (tertiary/aromatic N) is 3. The number of likely N-dealkylation sites (tertiary alicyclic amines) is 1. The first-order valence-corrected chi connectivity index (χ1v) is 8.50. The van der Waals surface area contributed by atoms with Crippen molar-refractivity contribution in [2.24, 2.45) is 4.99 Å². The van der Waals surface area contributed by atoms with Gasteiger partial charge >= 0.3 is 0 Å². The Bertz CT molecular complexity index is 709. The van der Waals surface area contributed by atoms with Gasteiger partial charge in [-0.1, -0.05) is 12.1 Å². The SMILES string of the molecule is CN(C)C1=NC2(CCN(C(=O)CCc3cccc(F)c3)CC2)C(=O)N1. The van der Waals surface area contributed by atoms with Crippen molar-refractivity contribution in [2.45, 2.75) is 31.2 Å². The van der Waals surface area contributed by atoms with Crippen molar-refractivity contribution in [2.75, 3.05) is 27.2 Å². The van der Waals surface area contributed by atoms with Gasteiger partial charge in [0.05, 0.1) is 0 Å². The summed E-state index contributed by atoms with van der Waals surface area (Å²) in [6.07, 6.45) is 1.92. The van der Waals surface area contributed by atoms with Crippen molar-refractivity contribution in [1.82, 2.24) is 15.1 Å². The van der Waals surface area contributed by atoms with Gasteiger partial charge in [0.25, 0.3) is 5.91 Å². The molecule has 7 heteroatoms. The van der Waals surface area contributed by atoms with Gasteiger partial charge in [-0.05, 0) is 37.0 Å². The van der Waals surface area contributed by atoms with Crippen LogP contribution in [0.1, 0.15) is 24.8 Å². The monoisotopic (exact) mass is 346 g/mol. The molecule has 134 valence electrons. The number of aryl methyl sites for hydroxylation is 1. The molecule has 25 heavy (non-hydrogen) atoms. The number of halogens is 1. The van der Waals surface area contributed by atoms with Crippen LogP contribution in [-0.2, 0) is 16.0 Å². The lowest BCUT2D eigenvalue weighted by Gasteiger charge is -2.35. The second-order valence-corrected chi connectivity index (χ2v) is 6.83. The molecule has 2 aliphatic heterocycles.